The van der Waals surface area contributed by atoms with E-state index in [1.54, 1.807) is 0 Å². The molecule has 0 aromatic carbocycles. The second kappa shape index (κ2) is 2.90. The highest BCUT2D eigenvalue weighted by molar-refractivity contribution is 5.03. The molecule has 1 fully saturated rings. The highest BCUT2D eigenvalue weighted by Crippen LogP contribution is 2.31. The zero-order valence-electron chi connectivity index (χ0n) is 7.40. The molecule has 3 heteroatoms. The third kappa shape index (κ3) is 1.25. The Morgan fingerprint density at radius 2 is 2.42 bits per heavy atom. The Morgan fingerprint density at radius 1 is 1.58 bits per heavy atom. The van der Waals surface area contributed by atoms with E-state index in [0.29, 0.717) is 12.0 Å². The fourth-order valence-electron chi connectivity index (χ4n) is 2.02. The van der Waals surface area contributed by atoms with Crippen LogP contribution in [0.2, 0.25) is 0 Å². The number of aryl methyl sites for hydroxylation is 1. The quantitative estimate of drug-likeness (QED) is 0.675. The van der Waals surface area contributed by atoms with Gasteiger partial charge in [-0.25, -0.2) is 4.98 Å². The summed E-state index contributed by atoms with van der Waals surface area (Å²) in [5.41, 5.74) is 5.84. The summed E-state index contributed by atoms with van der Waals surface area (Å²) in [6.45, 7) is 0. The molecule has 1 heterocycles. The molecule has 1 aromatic rings. The normalized spacial score (nSPS) is 29.5. The van der Waals surface area contributed by atoms with Gasteiger partial charge in [-0.15, -0.1) is 0 Å². The maximum absolute atomic E-state index is 5.84. The van der Waals surface area contributed by atoms with Crippen LogP contribution in [-0.4, -0.2) is 15.6 Å². The molecule has 12 heavy (non-hydrogen) atoms. The van der Waals surface area contributed by atoms with Crippen molar-refractivity contribution in [2.45, 2.75) is 31.2 Å². The molecule has 0 bridgehead atoms. The summed E-state index contributed by atoms with van der Waals surface area (Å²) in [6, 6.07) is 0.395. The van der Waals surface area contributed by atoms with Crippen molar-refractivity contribution >= 4 is 0 Å². The summed E-state index contributed by atoms with van der Waals surface area (Å²) < 4.78 is 2.10. The number of aromatic nitrogens is 2. The van der Waals surface area contributed by atoms with Crippen LogP contribution in [0.3, 0.4) is 0 Å². The van der Waals surface area contributed by atoms with E-state index in [1.807, 2.05) is 19.4 Å². The van der Waals surface area contributed by atoms with Crippen LogP contribution >= 0.6 is 0 Å². The smallest absolute Gasteiger partial charge is 0.111 e. The molecular weight excluding hydrogens is 150 g/mol. The standard InChI is InChI=1S/C9H15N3/c1-12-5-4-11-9(12)7-2-3-8(10)6-7/h4-5,7-8H,2-3,6,10H2,1H3/t7-,8-/m1/s1. The third-order valence-corrected chi connectivity index (χ3v) is 2.70. The number of rotatable bonds is 1. The van der Waals surface area contributed by atoms with Gasteiger partial charge in [-0.2, -0.15) is 0 Å². The Hall–Kier alpha value is -0.830. The molecule has 2 N–H and O–H groups in total. The van der Waals surface area contributed by atoms with E-state index >= 15 is 0 Å². The van der Waals surface area contributed by atoms with E-state index in [9.17, 15) is 0 Å². The van der Waals surface area contributed by atoms with Gasteiger partial charge >= 0.3 is 0 Å². The van der Waals surface area contributed by atoms with Crippen LogP contribution in [0.25, 0.3) is 0 Å². The first-order valence-corrected chi connectivity index (χ1v) is 4.50. The van der Waals surface area contributed by atoms with Gasteiger partial charge in [0.15, 0.2) is 0 Å². The van der Waals surface area contributed by atoms with Crippen LogP contribution in [0, 0.1) is 0 Å². The molecule has 0 saturated heterocycles. The molecule has 0 radical (unpaired) electrons. The van der Waals surface area contributed by atoms with Gasteiger partial charge in [0.2, 0.25) is 0 Å². The third-order valence-electron chi connectivity index (χ3n) is 2.70. The fourth-order valence-corrected chi connectivity index (χ4v) is 2.02. The SMILES string of the molecule is Cn1ccnc1[C@@H]1CC[C@@H](N)C1. The predicted octanol–water partition coefficient (Wildman–Crippen LogP) is 1.01. The molecule has 0 unspecified atom stereocenters. The number of nitrogens with two attached hydrogens (primary N) is 1. The Morgan fingerprint density at radius 3 is 2.92 bits per heavy atom. The van der Waals surface area contributed by atoms with Crippen LogP contribution in [0.5, 0.6) is 0 Å². The van der Waals surface area contributed by atoms with Gasteiger partial charge in [0.25, 0.3) is 0 Å². The van der Waals surface area contributed by atoms with Crippen LogP contribution < -0.4 is 5.73 Å². The molecule has 0 spiro atoms. The summed E-state index contributed by atoms with van der Waals surface area (Å²) in [6.07, 6.45) is 7.31. The topological polar surface area (TPSA) is 43.8 Å². The van der Waals surface area contributed by atoms with E-state index < -0.39 is 0 Å². The van der Waals surface area contributed by atoms with Crippen LogP contribution in [0.1, 0.15) is 31.0 Å². The van der Waals surface area contributed by atoms with Crippen molar-refractivity contribution in [3.8, 4) is 0 Å². The second-order valence-corrected chi connectivity index (χ2v) is 3.67. The Labute approximate surface area is 72.6 Å². The molecule has 1 saturated carbocycles. The summed E-state index contributed by atoms with van der Waals surface area (Å²) in [4.78, 5) is 4.34. The fraction of sp³-hybridized carbons (Fsp3) is 0.667. The minimum Gasteiger partial charge on any atom is -0.338 e. The molecule has 66 valence electrons. The Bertz CT molecular complexity index is 266. The van der Waals surface area contributed by atoms with E-state index in [4.69, 9.17) is 5.73 Å². The van der Waals surface area contributed by atoms with Gasteiger partial charge in [-0.1, -0.05) is 0 Å². The van der Waals surface area contributed by atoms with Gasteiger partial charge < -0.3 is 10.3 Å². The maximum Gasteiger partial charge on any atom is 0.111 e. The number of hydrogen-bond donors (Lipinski definition) is 1. The highest BCUT2D eigenvalue weighted by atomic mass is 15.0. The Kier molecular flexibility index (Phi) is 1.89. The molecule has 1 aromatic heterocycles. The van der Waals surface area contributed by atoms with Crippen LogP contribution in [-0.2, 0) is 7.05 Å². The van der Waals surface area contributed by atoms with Crippen molar-refractivity contribution in [2.75, 3.05) is 0 Å². The van der Waals surface area contributed by atoms with Gasteiger partial charge in [0, 0.05) is 31.4 Å². The van der Waals surface area contributed by atoms with Crippen molar-refractivity contribution in [3.63, 3.8) is 0 Å². The average Bonchev–Trinajstić information content (AvgIpc) is 2.58. The summed E-state index contributed by atoms with van der Waals surface area (Å²) in [7, 11) is 2.05. The zero-order chi connectivity index (χ0) is 8.55. The van der Waals surface area contributed by atoms with Crippen molar-refractivity contribution in [2.24, 2.45) is 12.8 Å². The second-order valence-electron chi connectivity index (χ2n) is 3.67. The van der Waals surface area contributed by atoms with Crippen LogP contribution in [0.4, 0.5) is 0 Å². The van der Waals surface area contributed by atoms with Gasteiger partial charge in [0.1, 0.15) is 5.82 Å². The van der Waals surface area contributed by atoms with E-state index in [2.05, 4.69) is 9.55 Å². The molecule has 0 aliphatic heterocycles. The largest absolute Gasteiger partial charge is 0.338 e. The average molecular weight is 165 g/mol. The first-order valence-electron chi connectivity index (χ1n) is 4.50. The lowest BCUT2D eigenvalue weighted by molar-refractivity contribution is 0.616. The lowest BCUT2D eigenvalue weighted by atomic mass is 10.1. The predicted molar refractivity (Wildman–Crippen MR) is 47.8 cm³/mol. The van der Waals surface area contributed by atoms with Gasteiger partial charge in [-0.05, 0) is 19.3 Å². The lowest BCUT2D eigenvalue weighted by Gasteiger charge is -2.08. The first-order chi connectivity index (χ1) is 5.77. The highest BCUT2D eigenvalue weighted by Gasteiger charge is 2.25. The number of nitrogens with zero attached hydrogens (tertiary/aromatic N) is 2. The van der Waals surface area contributed by atoms with Crippen molar-refractivity contribution < 1.29 is 0 Å². The summed E-state index contributed by atoms with van der Waals surface area (Å²) >= 11 is 0. The lowest BCUT2D eigenvalue weighted by Crippen LogP contribution is -2.15. The van der Waals surface area contributed by atoms with Gasteiger partial charge in [0.05, 0.1) is 0 Å². The molecule has 3 nitrogen and oxygen atoms in total. The van der Waals surface area contributed by atoms with E-state index in [-0.39, 0.29) is 0 Å². The minimum atomic E-state index is 0.395. The van der Waals surface area contributed by atoms with Crippen molar-refractivity contribution in [1.82, 2.24) is 9.55 Å². The molecule has 2 atom stereocenters. The minimum absolute atomic E-state index is 0.395. The molecule has 0 amide bonds. The van der Waals surface area contributed by atoms with Crippen molar-refractivity contribution in [3.05, 3.63) is 18.2 Å². The summed E-state index contributed by atoms with van der Waals surface area (Å²) in [5, 5.41) is 0. The Balaban J connectivity index is 2.16. The molecule has 1 aliphatic rings. The van der Waals surface area contributed by atoms with Gasteiger partial charge in [-0.3, -0.25) is 0 Å². The van der Waals surface area contributed by atoms with E-state index in [1.165, 1.54) is 12.2 Å². The molecular formula is C9H15N3. The number of hydrogen-bond acceptors (Lipinski definition) is 2. The number of imidazole rings is 1. The van der Waals surface area contributed by atoms with Crippen LogP contribution in [0.15, 0.2) is 12.4 Å². The zero-order valence-corrected chi connectivity index (χ0v) is 7.40. The first kappa shape index (κ1) is 7.80. The monoisotopic (exact) mass is 165 g/mol. The van der Waals surface area contributed by atoms with E-state index in [0.717, 1.165) is 12.8 Å². The molecule has 2 rings (SSSR count). The maximum atomic E-state index is 5.84. The van der Waals surface area contributed by atoms with Crippen molar-refractivity contribution in [1.29, 1.82) is 0 Å². The summed E-state index contributed by atoms with van der Waals surface area (Å²) in [5.74, 6) is 1.79. The molecule has 1 aliphatic carbocycles.